The molecular weight excluding hydrogens is 247 g/mol. The molecule has 1 heterocycles. The molecule has 1 aliphatic rings. The highest BCUT2D eigenvalue weighted by atomic mass is 35.5. The third kappa shape index (κ3) is 2.75. The van der Waals surface area contributed by atoms with Gasteiger partial charge in [-0.25, -0.2) is 4.98 Å². The summed E-state index contributed by atoms with van der Waals surface area (Å²) in [7, 11) is 0. The van der Waals surface area contributed by atoms with Crippen LogP contribution in [0.15, 0.2) is 6.20 Å². The maximum Gasteiger partial charge on any atom is 0.224 e. The summed E-state index contributed by atoms with van der Waals surface area (Å²) in [6.45, 7) is 0. The van der Waals surface area contributed by atoms with Crippen molar-refractivity contribution >= 4 is 29.0 Å². The zero-order chi connectivity index (χ0) is 11.5. The molecule has 2 rings (SSSR count). The van der Waals surface area contributed by atoms with E-state index in [2.05, 4.69) is 15.3 Å². The fourth-order valence-electron chi connectivity index (χ4n) is 1.96. The molecule has 4 nitrogen and oxygen atoms in total. The van der Waals surface area contributed by atoms with E-state index < -0.39 is 0 Å². The first-order valence-electron chi connectivity index (χ1n) is 5.37. The SMILES string of the molecule is N[C@@H]1CCCCC1Nc1nc(Cl)ncc1Cl. The minimum atomic E-state index is 0.151. The van der Waals surface area contributed by atoms with Gasteiger partial charge in [-0.15, -0.1) is 0 Å². The summed E-state index contributed by atoms with van der Waals surface area (Å²) < 4.78 is 0. The Kier molecular flexibility index (Phi) is 3.84. The predicted molar refractivity (Wildman–Crippen MR) is 65.9 cm³/mol. The molecule has 0 saturated heterocycles. The van der Waals surface area contributed by atoms with Gasteiger partial charge in [0, 0.05) is 12.1 Å². The number of nitrogens with two attached hydrogens (primary N) is 1. The first-order chi connectivity index (χ1) is 7.66. The number of rotatable bonds is 2. The second-order valence-corrected chi connectivity index (χ2v) is 4.78. The molecule has 1 saturated carbocycles. The van der Waals surface area contributed by atoms with Gasteiger partial charge in [0.2, 0.25) is 5.28 Å². The van der Waals surface area contributed by atoms with Crippen molar-refractivity contribution in [3.63, 3.8) is 0 Å². The molecule has 0 amide bonds. The van der Waals surface area contributed by atoms with Gasteiger partial charge in [0.1, 0.15) is 10.8 Å². The molecule has 1 unspecified atom stereocenters. The summed E-state index contributed by atoms with van der Waals surface area (Å²) in [5, 5.41) is 3.91. The second kappa shape index (κ2) is 5.17. The van der Waals surface area contributed by atoms with Crippen LogP contribution in [0.1, 0.15) is 25.7 Å². The Balaban J connectivity index is 2.10. The van der Waals surface area contributed by atoms with Gasteiger partial charge in [-0.3, -0.25) is 0 Å². The molecule has 88 valence electrons. The Hall–Kier alpha value is -0.580. The van der Waals surface area contributed by atoms with E-state index in [0.29, 0.717) is 10.8 Å². The van der Waals surface area contributed by atoms with Crippen LogP contribution < -0.4 is 11.1 Å². The van der Waals surface area contributed by atoms with Crippen LogP contribution in [0.25, 0.3) is 0 Å². The normalized spacial score (nSPS) is 25.4. The summed E-state index contributed by atoms with van der Waals surface area (Å²) in [4.78, 5) is 7.86. The minimum Gasteiger partial charge on any atom is -0.364 e. The molecule has 0 aromatic carbocycles. The van der Waals surface area contributed by atoms with Gasteiger partial charge in [0.25, 0.3) is 0 Å². The molecule has 1 aliphatic carbocycles. The van der Waals surface area contributed by atoms with Crippen molar-refractivity contribution in [3.05, 3.63) is 16.5 Å². The Labute approximate surface area is 105 Å². The van der Waals surface area contributed by atoms with Gasteiger partial charge in [-0.05, 0) is 24.4 Å². The third-order valence-corrected chi connectivity index (χ3v) is 3.31. The quantitative estimate of drug-likeness (QED) is 0.803. The number of halogens is 2. The van der Waals surface area contributed by atoms with Crippen molar-refractivity contribution in [3.8, 4) is 0 Å². The topological polar surface area (TPSA) is 63.8 Å². The van der Waals surface area contributed by atoms with Gasteiger partial charge in [0.15, 0.2) is 0 Å². The second-order valence-electron chi connectivity index (χ2n) is 4.03. The number of anilines is 1. The van der Waals surface area contributed by atoms with E-state index >= 15 is 0 Å². The van der Waals surface area contributed by atoms with Gasteiger partial charge in [-0.2, -0.15) is 4.98 Å². The Morgan fingerprint density at radius 1 is 1.31 bits per heavy atom. The van der Waals surface area contributed by atoms with Gasteiger partial charge >= 0.3 is 0 Å². The number of aromatic nitrogens is 2. The first kappa shape index (κ1) is 11.9. The Morgan fingerprint density at radius 2 is 2.06 bits per heavy atom. The molecule has 0 bridgehead atoms. The highest BCUT2D eigenvalue weighted by Gasteiger charge is 2.22. The largest absolute Gasteiger partial charge is 0.364 e. The molecule has 16 heavy (non-hydrogen) atoms. The molecule has 0 aliphatic heterocycles. The van der Waals surface area contributed by atoms with E-state index in [1.165, 1.54) is 19.0 Å². The lowest BCUT2D eigenvalue weighted by atomic mass is 9.91. The zero-order valence-electron chi connectivity index (χ0n) is 8.79. The highest BCUT2D eigenvalue weighted by molar-refractivity contribution is 6.33. The molecule has 3 N–H and O–H groups in total. The molecular formula is C10H14Cl2N4. The smallest absolute Gasteiger partial charge is 0.224 e. The molecule has 1 aromatic rings. The summed E-state index contributed by atoms with van der Waals surface area (Å²) in [6.07, 6.45) is 5.94. The van der Waals surface area contributed by atoms with Crippen LogP contribution in [-0.4, -0.2) is 22.1 Å². The average Bonchev–Trinajstić information content (AvgIpc) is 2.27. The summed E-state index contributed by atoms with van der Waals surface area (Å²) in [5.41, 5.74) is 6.03. The van der Waals surface area contributed by atoms with Crippen molar-refractivity contribution in [1.29, 1.82) is 0 Å². The summed E-state index contributed by atoms with van der Waals surface area (Å²) in [6, 6.07) is 0.371. The molecule has 1 aromatic heterocycles. The molecule has 0 radical (unpaired) electrons. The van der Waals surface area contributed by atoms with Crippen LogP contribution in [0.3, 0.4) is 0 Å². The number of hydrogen-bond acceptors (Lipinski definition) is 4. The maximum absolute atomic E-state index is 6.03. The molecule has 6 heteroatoms. The van der Waals surface area contributed by atoms with Crippen LogP contribution in [0.2, 0.25) is 10.3 Å². The van der Waals surface area contributed by atoms with Crippen molar-refractivity contribution in [2.45, 2.75) is 37.8 Å². The van der Waals surface area contributed by atoms with Gasteiger partial charge in [0.05, 0.1) is 6.20 Å². The Bertz CT molecular complexity index is 372. The fraction of sp³-hybridized carbons (Fsp3) is 0.600. The highest BCUT2D eigenvalue weighted by Crippen LogP contribution is 2.24. The van der Waals surface area contributed by atoms with E-state index in [1.54, 1.807) is 0 Å². The molecule has 0 spiro atoms. The van der Waals surface area contributed by atoms with Crippen LogP contribution in [-0.2, 0) is 0 Å². The first-order valence-corrected chi connectivity index (χ1v) is 6.12. The maximum atomic E-state index is 6.03. The lowest BCUT2D eigenvalue weighted by molar-refractivity contribution is 0.403. The monoisotopic (exact) mass is 260 g/mol. The van der Waals surface area contributed by atoms with E-state index in [0.717, 1.165) is 12.8 Å². The predicted octanol–water partition coefficient (Wildman–Crippen LogP) is 2.47. The molecule has 1 fully saturated rings. The lowest BCUT2D eigenvalue weighted by Gasteiger charge is -2.29. The molecule has 2 atom stereocenters. The third-order valence-electron chi connectivity index (χ3n) is 2.86. The fourth-order valence-corrected chi connectivity index (χ4v) is 2.24. The van der Waals surface area contributed by atoms with E-state index in [-0.39, 0.29) is 17.4 Å². The van der Waals surface area contributed by atoms with Crippen LogP contribution in [0.4, 0.5) is 5.82 Å². The van der Waals surface area contributed by atoms with Gasteiger partial charge < -0.3 is 11.1 Å². The van der Waals surface area contributed by atoms with E-state index in [9.17, 15) is 0 Å². The summed E-state index contributed by atoms with van der Waals surface area (Å²) >= 11 is 11.7. The zero-order valence-corrected chi connectivity index (χ0v) is 10.3. The number of nitrogens with one attached hydrogen (secondary N) is 1. The lowest BCUT2D eigenvalue weighted by Crippen LogP contribution is -2.42. The van der Waals surface area contributed by atoms with Crippen molar-refractivity contribution in [2.24, 2.45) is 5.73 Å². The number of hydrogen-bond donors (Lipinski definition) is 2. The van der Waals surface area contributed by atoms with Crippen molar-refractivity contribution in [2.75, 3.05) is 5.32 Å². The summed E-state index contributed by atoms with van der Waals surface area (Å²) in [5.74, 6) is 0.573. The van der Waals surface area contributed by atoms with Crippen molar-refractivity contribution in [1.82, 2.24) is 9.97 Å². The van der Waals surface area contributed by atoms with E-state index in [4.69, 9.17) is 28.9 Å². The Morgan fingerprint density at radius 3 is 2.81 bits per heavy atom. The average molecular weight is 261 g/mol. The standard InChI is InChI=1S/C10H14Cl2N4/c11-6-5-14-10(12)16-9(6)15-8-4-2-1-3-7(8)13/h5,7-8H,1-4,13H2,(H,14,15,16)/t7-,8?/m1/s1. The van der Waals surface area contributed by atoms with Crippen molar-refractivity contribution < 1.29 is 0 Å². The van der Waals surface area contributed by atoms with Crippen LogP contribution in [0.5, 0.6) is 0 Å². The minimum absolute atomic E-state index is 0.151. The van der Waals surface area contributed by atoms with Crippen LogP contribution >= 0.6 is 23.2 Å². The van der Waals surface area contributed by atoms with E-state index in [1.807, 2.05) is 0 Å². The van der Waals surface area contributed by atoms with Crippen LogP contribution in [0, 0.1) is 0 Å². The van der Waals surface area contributed by atoms with Gasteiger partial charge in [-0.1, -0.05) is 24.4 Å². The number of nitrogens with zero attached hydrogens (tertiary/aromatic N) is 2.